The summed E-state index contributed by atoms with van der Waals surface area (Å²) >= 11 is 0. The molecular formula is C32H37N3O2. The van der Waals surface area contributed by atoms with Crippen LogP contribution >= 0.6 is 0 Å². The van der Waals surface area contributed by atoms with Crippen molar-refractivity contribution in [2.24, 2.45) is 23.2 Å². The van der Waals surface area contributed by atoms with Crippen molar-refractivity contribution in [2.75, 3.05) is 0 Å². The van der Waals surface area contributed by atoms with Gasteiger partial charge < -0.3 is 15.2 Å². The summed E-state index contributed by atoms with van der Waals surface area (Å²) in [6.07, 6.45) is 7.92. The molecule has 0 spiro atoms. The lowest BCUT2D eigenvalue weighted by Crippen LogP contribution is -2.58. The zero-order chi connectivity index (χ0) is 25.5. The number of aromatic amines is 1. The van der Waals surface area contributed by atoms with Crippen molar-refractivity contribution in [3.8, 4) is 0 Å². The summed E-state index contributed by atoms with van der Waals surface area (Å²) < 4.78 is 0. The molecule has 5 heteroatoms. The molecule has 4 bridgehead atoms. The summed E-state index contributed by atoms with van der Waals surface area (Å²) in [5, 5.41) is 4.54. The summed E-state index contributed by atoms with van der Waals surface area (Å²) in [5.41, 5.74) is 5.09. The molecule has 4 aliphatic carbocycles. The number of nitrogens with one attached hydrogen (secondary N) is 2. The van der Waals surface area contributed by atoms with Crippen LogP contribution in [-0.4, -0.2) is 33.8 Å². The first kappa shape index (κ1) is 23.1. The minimum absolute atomic E-state index is 0.0353. The monoisotopic (exact) mass is 495 g/mol. The summed E-state index contributed by atoms with van der Waals surface area (Å²) in [6.45, 7) is 6.20. The van der Waals surface area contributed by atoms with Crippen LogP contribution in [0.1, 0.15) is 85.6 Å². The quantitative estimate of drug-likeness (QED) is 0.447. The van der Waals surface area contributed by atoms with Gasteiger partial charge in [-0.25, -0.2) is 0 Å². The maximum atomic E-state index is 13.9. The Labute approximate surface area is 219 Å². The lowest BCUT2D eigenvalue weighted by atomic mass is 9.48. The van der Waals surface area contributed by atoms with Crippen molar-refractivity contribution in [3.05, 3.63) is 70.9 Å². The van der Waals surface area contributed by atoms with Crippen LogP contribution in [0.25, 0.3) is 10.9 Å². The topological polar surface area (TPSA) is 65.2 Å². The minimum atomic E-state index is -0.575. The maximum Gasteiger partial charge on any atom is 0.255 e. The molecule has 192 valence electrons. The molecule has 3 unspecified atom stereocenters. The Kier molecular flexibility index (Phi) is 5.12. The number of hydrogen-bond acceptors (Lipinski definition) is 2. The highest BCUT2D eigenvalue weighted by Crippen LogP contribution is 2.61. The van der Waals surface area contributed by atoms with Crippen molar-refractivity contribution >= 4 is 22.7 Å². The van der Waals surface area contributed by atoms with Gasteiger partial charge in [0.1, 0.15) is 6.04 Å². The molecular weight excluding hydrogens is 458 g/mol. The third-order valence-electron chi connectivity index (χ3n) is 10.4. The molecule has 4 fully saturated rings. The Balaban J connectivity index is 1.21. The molecule has 8 rings (SSSR count). The van der Waals surface area contributed by atoms with Gasteiger partial charge in [0.2, 0.25) is 5.91 Å². The van der Waals surface area contributed by atoms with Gasteiger partial charge in [-0.3, -0.25) is 9.59 Å². The molecule has 1 aromatic heterocycles. The van der Waals surface area contributed by atoms with E-state index in [2.05, 4.69) is 36.3 Å². The first-order valence-corrected chi connectivity index (χ1v) is 14.1. The van der Waals surface area contributed by atoms with E-state index in [0.29, 0.717) is 5.56 Å². The molecule has 5 aliphatic rings. The van der Waals surface area contributed by atoms with Crippen LogP contribution in [-0.2, 0) is 4.79 Å². The molecule has 4 saturated carbocycles. The highest BCUT2D eigenvalue weighted by Gasteiger charge is 2.54. The molecule has 37 heavy (non-hydrogen) atoms. The molecule has 3 aromatic rings. The number of fused-ring (bicyclic) bond motifs is 2. The maximum absolute atomic E-state index is 13.9. The van der Waals surface area contributed by atoms with E-state index >= 15 is 0 Å². The fourth-order valence-corrected chi connectivity index (χ4v) is 9.00. The molecule has 2 N–H and O–H groups in total. The minimum Gasteiger partial charge on any atom is -0.358 e. The number of carbonyl (C=O) groups is 2. The third kappa shape index (κ3) is 3.42. The number of nitrogens with zero attached hydrogens (tertiary/aromatic N) is 1. The number of carbonyl (C=O) groups excluding carboxylic acids is 2. The van der Waals surface area contributed by atoms with E-state index in [1.165, 1.54) is 38.5 Å². The van der Waals surface area contributed by atoms with E-state index in [-0.39, 0.29) is 29.3 Å². The molecule has 2 heterocycles. The number of rotatable bonds is 5. The van der Waals surface area contributed by atoms with E-state index in [1.54, 1.807) is 0 Å². The van der Waals surface area contributed by atoms with Crippen molar-refractivity contribution in [3.63, 3.8) is 0 Å². The first-order valence-electron chi connectivity index (χ1n) is 14.1. The van der Waals surface area contributed by atoms with E-state index in [0.717, 1.165) is 45.5 Å². The lowest BCUT2D eigenvalue weighted by Gasteiger charge is -2.59. The first-order chi connectivity index (χ1) is 17.8. The van der Waals surface area contributed by atoms with Crippen LogP contribution in [0.5, 0.6) is 0 Å². The number of para-hydroxylation sites is 1. The second-order valence-electron chi connectivity index (χ2n) is 12.6. The van der Waals surface area contributed by atoms with Crippen molar-refractivity contribution in [1.29, 1.82) is 0 Å². The van der Waals surface area contributed by atoms with Crippen molar-refractivity contribution < 1.29 is 9.59 Å². The van der Waals surface area contributed by atoms with E-state index in [9.17, 15) is 9.59 Å². The third-order valence-corrected chi connectivity index (χ3v) is 10.4. The second-order valence-corrected chi connectivity index (χ2v) is 12.6. The van der Waals surface area contributed by atoms with Gasteiger partial charge in [-0.05, 0) is 100 Å². The SMILES string of the molecule is Cc1[nH]c2ccccc2c1C1c2ccccc2C(=O)N1C(C)C(=O)NC(C)C12CC3CC(CC(C3)C1)C2. The highest BCUT2D eigenvalue weighted by molar-refractivity contribution is 6.03. The Bertz CT molecular complexity index is 1370. The number of benzene rings is 2. The fraction of sp³-hybridized carbons (Fsp3) is 0.500. The van der Waals surface area contributed by atoms with Crippen LogP contribution in [0.15, 0.2) is 48.5 Å². The number of hydrogen-bond donors (Lipinski definition) is 2. The predicted octanol–water partition coefficient (Wildman–Crippen LogP) is 6.13. The molecule has 0 saturated heterocycles. The normalized spacial score (nSPS) is 31.5. The average molecular weight is 496 g/mol. The Morgan fingerprint density at radius 2 is 1.59 bits per heavy atom. The summed E-state index contributed by atoms with van der Waals surface area (Å²) in [6, 6.07) is 15.4. The smallest absolute Gasteiger partial charge is 0.255 e. The van der Waals surface area contributed by atoms with Gasteiger partial charge in [-0.15, -0.1) is 0 Å². The molecule has 0 radical (unpaired) electrons. The standard InChI is InChI=1S/C32H37N3O2/c1-18-28(26-10-6-7-11-27(26)33-18)29-24-8-4-5-9-25(24)31(37)35(29)19(2)30(36)34-20(3)32-15-21-12-22(16-32)14-23(13-21)17-32/h4-11,19-23,29,33H,12-17H2,1-3H3,(H,34,36). The van der Waals surface area contributed by atoms with Crippen LogP contribution in [0, 0.1) is 30.1 Å². The van der Waals surface area contributed by atoms with Crippen LogP contribution < -0.4 is 5.32 Å². The molecule has 2 amide bonds. The van der Waals surface area contributed by atoms with Crippen molar-refractivity contribution in [1.82, 2.24) is 15.2 Å². The van der Waals surface area contributed by atoms with E-state index < -0.39 is 6.04 Å². The zero-order valence-corrected chi connectivity index (χ0v) is 22.1. The Hall–Kier alpha value is -3.08. The van der Waals surface area contributed by atoms with Crippen molar-refractivity contribution in [2.45, 2.75) is 77.4 Å². The average Bonchev–Trinajstić information content (AvgIpc) is 3.35. The van der Waals surface area contributed by atoms with Gasteiger partial charge in [0, 0.05) is 33.8 Å². The van der Waals surface area contributed by atoms with Gasteiger partial charge >= 0.3 is 0 Å². The van der Waals surface area contributed by atoms with E-state index in [4.69, 9.17) is 0 Å². The van der Waals surface area contributed by atoms with E-state index in [1.807, 2.05) is 48.2 Å². The summed E-state index contributed by atoms with van der Waals surface area (Å²) in [7, 11) is 0. The highest BCUT2D eigenvalue weighted by atomic mass is 16.2. The fourth-order valence-electron chi connectivity index (χ4n) is 9.00. The zero-order valence-electron chi connectivity index (χ0n) is 22.1. The molecule has 3 atom stereocenters. The number of aromatic nitrogens is 1. The molecule has 2 aromatic carbocycles. The Morgan fingerprint density at radius 1 is 0.973 bits per heavy atom. The lowest BCUT2D eigenvalue weighted by molar-refractivity contribution is -0.130. The molecule has 1 aliphatic heterocycles. The predicted molar refractivity (Wildman–Crippen MR) is 145 cm³/mol. The number of aryl methyl sites for hydroxylation is 1. The number of amides is 2. The van der Waals surface area contributed by atoms with Gasteiger partial charge in [0.15, 0.2) is 0 Å². The number of H-pyrrole nitrogens is 1. The van der Waals surface area contributed by atoms with Gasteiger partial charge in [0.05, 0.1) is 6.04 Å². The van der Waals surface area contributed by atoms with Gasteiger partial charge in [0.25, 0.3) is 5.91 Å². The largest absolute Gasteiger partial charge is 0.358 e. The summed E-state index contributed by atoms with van der Waals surface area (Å²) in [4.78, 5) is 33.1. The van der Waals surface area contributed by atoms with Crippen LogP contribution in [0.2, 0.25) is 0 Å². The summed E-state index contributed by atoms with van der Waals surface area (Å²) in [5.74, 6) is 2.42. The van der Waals surface area contributed by atoms with Crippen LogP contribution in [0.4, 0.5) is 0 Å². The van der Waals surface area contributed by atoms with Gasteiger partial charge in [-0.2, -0.15) is 0 Å². The molecule has 5 nitrogen and oxygen atoms in total. The van der Waals surface area contributed by atoms with Gasteiger partial charge in [-0.1, -0.05) is 36.4 Å². The second kappa shape index (κ2) is 8.21. The Morgan fingerprint density at radius 3 is 2.30 bits per heavy atom. The van der Waals surface area contributed by atoms with Crippen LogP contribution in [0.3, 0.4) is 0 Å².